The Labute approximate surface area is 123 Å². The van der Waals surface area contributed by atoms with Crippen LogP contribution in [-0.2, 0) is 16.1 Å². The van der Waals surface area contributed by atoms with Crippen LogP contribution in [0.25, 0.3) is 0 Å². The highest BCUT2D eigenvalue weighted by atomic mass is 16.5. The van der Waals surface area contributed by atoms with Crippen LogP contribution in [0.2, 0.25) is 0 Å². The monoisotopic (exact) mass is 286 g/mol. The molecular weight excluding hydrogens is 268 g/mol. The summed E-state index contributed by atoms with van der Waals surface area (Å²) < 4.78 is 10.3. The van der Waals surface area contributed by atoms with E-state index in [9.17, 15) is 4.79 Å². The Balaban J connectivity index is 1.97. The standard InChI is InChI=1S/C16H18N2O3/c1-11(12-5-3-6-13(17)9-12)16(19)21-10-14-7-4-8-15(18-14)20-2/h3-9,11H,10,17H2,1-2H3. The molecule has 2 N–H and O–H groups in total. The number of ether oxygens (including phenoxy) is 2. The molecular formula is C16H18N2O3. The number of nitrogens with two attached hydrogens (primary N) is 1. The van der Waals surface area contributed by atoms with Gasteiger partial charge in [0.1, 0.15) is 6.61 Å². The second kappa shape index (κ2) is 6.74. The van der Waals surface area contributed by atoms with E-state index in [1.807, 2.05) is 12.1 Å². The van der Waals surface area contributed by atoms with Gasteiger partial charge < -0.3 is 15.2 Å². The van der Waals surface area contributed by atoms with E-state index in [4.69, 9.17) is 15.2 Å². The highest BCUT2D eigenvalue weighted by molar-refractivity contribution is 5.78. The summed E-state index contributed by atoms with van der Waals surface area (Å²) in [4.78, 5) is 16.3. The zero-order chi connectivity index (χ0) is 15.2. The van der Waals surface area contributed by atoms with Gasteiger partial charge in [0.05, 0.1) is 18.7 Å². The zero-order valence-corrected chi connectivity index (χ0v) is 12.1. The number of rotatable bonds is 5. The van der Waals surface area contributed by atoms with E-state index >= 15 is 0 Å². The van der Waals surface area contributed by atoms with Crippen LogP contribution >= 0.6 is 0 Å². The van der Waals surface area contributed by atoms with Crippen LogP contribution in [0, 0.1) is 0 Å². The van der Waals surface area contributed by atoms with Crippen molar-refractivity contribution in [1.82, 2.24) is 4.98 Å². The number of methoxy groups -OCH3 is 1. The highest BCUT2D eigenvalue weighted by Crippen LogP contribution is 2.19. The molecule has 2 rings (SSSR count). The Hall–Kier alpha value is -2.56. The molecule has 0 bridgehead atoms. The molecule has 110 valence electrons. The molecule has 0 aliphatic carbocycles. The minimum absolute atomic E-state index is 0.114. The molecule has 1 aromatic carbocycles. The van der Waals surface area contributed by atoms with E-state index in [1.165, 1.54) is 0 Å². The van der Waals surface area contributed by atoms with Crippen molar-refractivity contribution < 1.29 is 14.3 Å². The summed E-state index contributed by atoms with van der Waals surface area (Å²) in [6, 6.07) is 12.5. The van der Waals surface area contributed by atoms with Crippen molar-refractivity contribution >= 4 is 11.7 Å². The number of carbonyl (C=O) groups excluding carboxylic acids is 1. The molecule has 1 atom stereocenters. The van der Waals surface area contributed by atoms with E-state index in [0.29, 0.717) is 17.3 Å². The van der Waals surface area contributed by atoms with Gasteiger partial charge in [-0.2, -0.15) is 0 Å². The average molecular weight is 286 g/mol. The SMILES string of the molecule is COc1cccc(COC(=O)C(C)c2cccc(N)c2)n1. The molecule has 5 heteroatoms. The van der Waals surface area contributed by atoms with Crippen LogP contribution in [-0.4, -0.2) is 18.1 Å². The van der Waals surface area contributed by atoms with Crippen molar-refractivity contribution in [2.45, 2.75) is 19.4 Å². The lowest BCUT2D eigenvalue weighted by Crippen LogP contribution is -2.13. The molecule has 21 heavy (non-hydrogen) atoms. The molecule has 0 spiro atoms. The molecule has 0 radical (unpaired) electrons. The van der Waals surface area contributed by atoms with Gasteiger partial charge in [0, 0.05) is 11.8 Å². The van der Waals surface area contributed by atoms with Crippen LogP contribution in [0.1, 0.15) is 24.1 Å². The number of hydrogen-bond acceptors (Lipinski definition) is 5. The summed E-state index contributed by atoms with van der Waals surface area (Å²) in [5, 5.41) is 0. The molecule has 0 saturated heterocycles. The first-order chi connectivity index (χ1) is 10.1. The summed E-state index contributed by atoms with van der Waals surface area (Å²) in [5.74, 6) is -0.197. The Morgan fingerprint density at radius 3 is 2.76 bits per heavy atom. The molecule has 0 saturated carbocycles. The first-order valence-corrected chi connectivity index (χ1v) is 6.62. The third kappa shape index (κ3) is 3.95. The maximum Gasteiger partial charge on any atom is 0.313 e. The second-order valence-corrected chi connectivity index (χ2v) is 4.67. The lowest BCUT2D eigenvalue weighted by atomic mass is 10.0. The third-order valence-corrected chi connectivity index (χ3v) is 3.12. The normalized spacial score (nSPS) is 11.7. The first kappa shape index (κ1) is 14.8. The van der Waals surface area contributed by atoms with E-state index in [-0.39, 0.29) is 18.5 Å². The Morgan fingerprint density at radius 2 is 2.05 bits per heavy atom. The molecule has 5 nitrogen and oxygen atoms in total. The first-order valence-electron chi connectivity index (χ1n) is 6.62. The number of nitrogens with zero attached hydrogens (tertiary/aromatic N) is 1. The minimum Gasteiger partial charge on any atom is -0.481 e. The number of nitrogen functional groups attached to an aromatic ring is 1. The Bertz CT molecular complexity index is 628. The van der Waals surface area contributed by atoms with Gasteiger partial charge in [0.2, 0.25) is 5.88 Å². The number of esters is 1. The number of aromatic nitrogens is 1. The van der Waals surface area contributed by atoms with E-state index < -0.39 is 0 Å². The van der Waals surface area contributed by atoms with Crippen LogP contribution in [0.5, 0.6) is 5.88 Å². The van der Waals surface area contributed by atoms with Crippen LogP contribution in [0.15, 0.2) is 42.5 Å². The van der Waals surface area contributed by atoms with E-state index in [1.54, 1.807) is 44.4 Å². The van der Waals surface area contributed by atoms with Gasteiger partial charge >= 0.3 is 5.97 Å². The van der Waals surface area contributed by atoms with E-state index in [2.05, 4.69) is 4.98 Å². The molecule has 0 aliphatic rings. The predicted molar refractivity (Wildman–Crippen MR) is 79.9 cm³/mol. The van der Waals surface area contributed by atoms with Crippen molar-refractivity contribution in [3.05, 3.63) is 53.7 Å². The van der Waals surface area contributed by atoms with Crippen LogP contribution in [0.4, 0.5) is 5.69 Å². The number of carbonyl (C=O) groups is 1. The van der Waals surface area contributed by atoms with E-state index in [0.717, 1.165) is 5.56 Å². The van der Waals surface area contributed by atoms with Gasteiger partial charge in [-0.05, 0) is 30.7 Å². The molecule has 0 amide bonds. The largest absolute Gasteiger partial charge is 0.481 e. The number of hydrogen-bond donors (Lipinski definition) is 1. The van der Waals surface area contributed by atoms with Crippen molar-refractivity contribution in [3.8, 4) is 5.88 Å². The van der Waals surface area contributed by atoms with Gasteiger partial charge in [-0.3, -0.25) is 4.79 Å². The minimum atomic E-state index is -0.376. The fourth-order valence-corrected chi connectivity index (χ4v) is 1.89. The summed E-state index contributed by atoms with van der Waals surface area (Å²) in [6.07, 6.45) is 0. The maximum absolute atomic E-state index is 12.1. The highest BCUT2D eigenvalue weighted by Gasteiger charge is 2.17. The quantitative estimate of drug-likeness (QED) is 0.675. The predicted octanol–water partition coefficient (Wildman–Crippen LogP) is 2.52. The molecule has 1 unspecified atom stereocenters. The summed E-state index contributed by atoms with van der Waals surface area (Å²) in [6.45, 7) is 1.90. The second-order valence-electron chi connectivity index (χ2n) is 4.67. The van der Waals surface area contributed by atoms with Gasteiger partial charge in [-0.25, -0.2) is 4.98 Å². The van der Waals surface area contributed by atoms with Crippen molar-refractivity contribution in [3.63, 3.8) is 0 Å². The molecule has 0 fully saturated rings. The molecule has 2 aromatic rings. The summed E-state index contributed by atoms with van der Waals surface area (Å²) >= 11 is 0. The molecule has 1 aromatic heterocycles. The number of anilines is 1. The lowest BCUT2D eigenvalue weighted by molar-refractivity contribution is -0.146. The van der Waals surface area contributed by atoms with Gasteiger partial charge in [-0.15, -0.1) is 0 Å². The van der Waals surface area contributed by atoms with Crippen molar-refractivity contribution in [2.75, 3.05) is 12.8 Å². The van der Waals surface area contributed by atoms with Crippen molar-refractivity contribution in [2.24, 2.45) is 0 Å². The number of pyridine rings is 1. The summed E-state index contributed by atoms with van der Waals surface area (Å²) in [5.41, 5.74) is 7.82. The summed E-state index contributed by atoms with van der Waals surface area (Å²) in [7, 11) is 1.54. The fourth-order valence-electron chi connectivity index (χ4n) is 1.89. The molecule has 0 aliphatic heterocycles. The Morgan fingerprint density at radius 1 is 1.29 bits per heavy atom. The zero-order valence-electron chi connectivity index (χ0n) is 12.1. The Kier molecular flexibility index (Phi) is 4.77. The van der Waals surface area contributed by atoms with Crippen LogP contribution in [0.3, 0.4) is 0 Å². The van der Waals surface area contributed by atoms with Gasteiger partial charge in [-0.1, -0.05) is 18.2 Å². The van der Waals surface area contributed by atoms with Gasteiger partial charge in [0.15, 0.2) is 0 Å². The van der Waals surface area contributed by atoms with Crippen molar-refractivity contribution in [1.29, 1.82) is 0 Å². The smallest absolute Gasteiger partial charge is 0.313 e. The number of benzene rings is 1. The van der Waals surface area contributed by atoms with Crippen LogP contribution < -0.4 is 10.5 Å². The average Bonchev–Trinajstić information content (AvgIpc) is 2.52. The maximum atomic E-state index is 12.1. The molecule has 1 heterocycles. The fraction of sp³-hybridized carbons (Fsp3) is 0.250. The van der Waals surface area contributed by atoms with Gasteiger partial charge in [0.25, 0.3) is 0 Å². The lowest BCUT2D eigenvalue weighted by Gasteiger charge is -2.12. The third-order valence-electron chi connectivity index (χ3n) is 3.12. The topological polar surface area (TPSA) is 74.4 Å².